The minimum absolute atomic E-state index is 0.645. The third kappa shape index (κ3) is 3.28. The highest BCUT2D eigenvalue weighted by Crippen LogP contribution is 2.21. The second kappa shape index (κ2) is 6.22. The van der Waals surface area contributed by atoms with Gasteiger partial charge in [0.2, 0.25) is 5.95 Å². The Morgan fingerprint density at radius 1 is 1.10 bits per heavy atom. The van der Waals surface area contributed by atoms with Gasteiger partial charge in [-0.3, -0.25) is 0 Å². The molecule has 0 bridgehead atoms. The summed E-state index contributed by atoms with van der Waals surface area (Å²) in [6, 6.07) is 9.98. The monoisotopic (exact) mass is 332 g/mol. The van der Waals surface area contributed by atoms with Crippen LogP contribution in [0, 0.1) is 0 Å². The van der Waals surface area contributed by atoms with E-state index in [1.165, 1.54) is 19.3 Å². The molecule has 5 heteroatoms. The molecule has 4 nitrogen and oxygen atoms in total. The zero-order valence-corrected chi connectivity index (χ0v) is 12.8. The van der Waals surface area contributed by atoms with Crippen LogP contribution < -0.4 is 10.2 Å². The third-order valence-corrected chi connectivity index (χ3v) is 3.89. The molecule has 2 heterocycles. The molecule has 1 aromatic heterocycles. The Balaban J connectivity index is 1.77. The van der Waals surface area contributed by atoms with E-state index in [4.69, 9.17) is 0 Å². The van der Waals surface area contributed by atoms with E-state index in [0.29, 0.717) is 5.95 Å². The molecule has 0 radical (unpaired) electrons. The summed E-state index contributed by atoms with van der Waals surface area (Å²) in [7, 11) is 0. The van der Waals surface area contributed by atoms with Crippen molar-refractivity contribution >= 4 is 33.4 Å². The zero-order chi connectivity index (χ0) is 13.8. The molecular weight excluding hydrogens is 316 g/mol. The number of nitrogens with zero attached hydrogens (tertiary/aromatic N) is 3. The maximum Gasteiger partial charge on any atom is 0.229 e. The van der Waals surface area contributed by atoms with E-state index in [-0.39, 0.29) is 0 Å². The van der Waals surface area contributed by atoms with Gasteiger partial charge in [0.05, 0.1) is 0 Å². The number of hydrogen-bond donors (Lipinski definition) is 1. The molecule has 104 valence electrons. The molecule has 1 saturated heterocycles. The minimum Gasteiger partial charge on any atom is -0.356 e. The van der Waals surface area contributed by atoms with E-state index in [2.05, 4.69) is 36.1 Å². The Bertz CT molecular complexity index is 582. The summed E-state index contributed by atoms with van der Waals surface area (Å²) in [5.74, 6) is 1.66. The van der Waals surface area contributed by atoms with Gasteiger partial charge in [-0.2, -0.15) is 4.98 Å². The Labute approximate surface area is 127 Å². The fraction of sp³-hybridized carbons (Fsp3) is 0.333. The maximum atomic E-state index is 4.61. The molecule has 1 aliphatic heterocycles. The van der Waals surface area contributed by atoms with Crippen molar-refractivity contribution in [3.05, 3.63) is 41.0 Å². The van der Waals surface area contributed by atoms with Crippen LogP contribution in [0.25, 0.3) is 0 Å². The van der Waals surface area contributed by atoms with Crippen LogP contribution in [0.1, 0.15) is 19.3 Å². The summed E-state index contributed by atoms with van der Waals surface area (Å²) in [6.07, 6.45) is 5.64. The predicted molar refractivity (Wildman–Crippen MR) is 85.5 cm³/mol. The van der Waals surface area contributed by atoms with Crippen LogP contribution in [0.5, 0.6) is 0 Å². The topological polar surface area (TPSA) is 41.1 Å². The lowest BCUT2D eigenvalue weighted by molar-refractivity contribution is 0.573. The first-order chi connectivity index (χ1) is 9.81. The summed E-state index contributed by atoms with van der Waals surface area (Å²) < 4.78 is 1.04. The van der Waals surface area contributed by atoms with Crippen molar-refractivity contribution in [3.8, 4) is 0 Å². The Morgan fingerprint density at radius 2 is 1.95 bits per heavy atom. The minimum atomic E-state index is 0.645. The molecule has 20 heavy (non-hydrogen) atoms. The van der Waals surface area contributed by atoms with E-state index < -0.39 is 0 Å². The number of nitrogens with one attached hydrogen (secondary N) is 1. The normalized spacial score (nSPS) is 15.2. The summed E-state index contributed by atoms with van der Waals surface area (Å²) in [5.41, 5.74) is 0.982. The van der Waals surface area contributed by atoms with Crippen molar-refractivity contribution in [1.82, 2.24) is 9.97 Å². The number of halogens is 1. The smallest absolute Gasteiger partial charge is 0.229 e. The molecule has 3 rings (SSSR count). The number of anilines is 3. The highest BCUT2D eigenvalue weighted by Gasteiger charge is 2.12. The molecule has 0 aliphatic carbocycles. The molecule has 0 saturated carbocycles. The van der Waals surface area contributed by atoms with Crippen LogP contribution in [-0.2, 0) is 0 Å². The van der Waals surface area contributed by atoms with Gasteiger partial charge < -0.3 is 10.2 Å². The number of piperidine rings is 1. The quantitative estimate of drug-likeness (QED) is 0.923. The second-order valence-corrected chi connectivity index (χ2v) is 5.84. The van der Waals surface area contributed by atoms with E-state index >= 15 is 0 Å². The largest absolute Gasteiger partial charge is 0.356 e. The number of aromatic nitrogens is 2. The standard InChI is InChI=1S/C15H17BrN4/c16-12-5-4-6-13(11-12)18-15-17-8-7-14(19-15)20-9-2-1-3-10-20/h4-8,11H,1-3,9-10H2,(H,17,18,19). The molecule has 1 fully saturated rings. The lowest BCUT2D eigenvalue weighted by Crippen LogP contribution is -2.30. The van der Waals surface area contributed by atoms with Crippen molar-refractivity contribution < 1.29 is 0 Å². The van der Waals surface area contributed by atoms with Gasteiger partial charge in [0.25, 0.3) is 0 Å². The molecule has 2 aromatic rings. The first kappa shape index (κ1) is 13.4. The van der Waals surface area contributed by atoms with Crippen LogP contribution in [-0.4, -0.2) is 23.1 Å². The number of rotatable bonds is 3. The fourth-order valence-corrected chi connectivity index (χ4v) is 2.80. The van der Waals surface area contributed by atoms with Gasteiger partial charge in [0.1, 0.15) is 5.82 Å². The van der Waals surface area contributed by atoms with Crippen molar-refractivity contribution in [2.75, 3.05) is 23.3 Å². The van der Waals surface area contributed by atoms with Crippen LogP contribution >= 0.6 is 15.9 Å². The number of hydrogen-bond acceptors (Lipinski definition) is 4. The maximum absolute atomic E-state index is 4.61. The Kier molecular flexibility index (Phi) is 4.16. The van der Waals surface area contributed by atoms with Crippen LogP contribution in [0.15, 0.2) is 41.0 Å². The van der Waals surface area contributed by atoms with Gasteiger partial charge >= 0.3 is 0 Å². The summed E-state index contributed by atoms with van der Waals surface area (Å²) in [5, 5.41) is 3.25. The highest BCUT2D eigenvalue weighted by molar-refractivity contribution is 9.10. The SMILES string of the molecule is Brc1cccc(Nc2nccc(N3CCCCC3)n2)c1. The highest BCUT2D eigenvalue weighted by atomic mass is 79.9. The average molecular weight is 333 g/mol. The summed E-state index contributed by atoms with van der Waals surface area (Å²) >= 11 is 3.46. The fourth-order valence-electron chi connectivity index (χ4n) is 2.40. The van der Waals surface area contributed by atoms with Gasteiger partial charge in [0, 0.05) is 29.4 Å². The van der Waals surface area contributed by atoms with E-state index in [9.17, 15) is 0 Å². The van der Waals surface area contributed by atoms with Crippen molar-refractivity contribution in [3.63, 3.8) is 0 Å². The van der Waals surface area contributed by atoms with E-state index in [1.807, 2.05) is 36.5 Å². The van der Waals surface area contributed by atoms with Gasteiger partial charge in [-0.15, -0.1) is 0 Å². The molecule has 0 amide bonds. The van der Waals surface area contributed by atoms with Crippen molar-refractivity contribution in [2.45, 2.75) is 19.3 Å². The predicted octanol–water partition coefficient (Wildman–Crippen LogP) is 3.97. The van der Waals surface area contributed by atoms with Crippen molar-refractivity contribution in [2.24, 2.45) is 0 Å². The zero-order valence-electron chi connectivity index (χ0n) is 11.2. The Morgan fingerprint density at radius 3 is 2.75 bits per heavy atom. The molecule has 0 spiro atoms. The van der Waals surface area contributed by atoms with Gasteiger partial charge in [0.15, 0.2) is 0 Å². The molecule has 1 aliphatic rings. The second-order valence-electron chi connectivity index (χ2n) is 4.92. The van der Waals surface area contributed by atoms with E-state index in [0.717, 1.165) is 29.1 Å². The third-order valence-electron chi connectivity index (χ3n) is 3.40. The molecule has 1 N–H and O–H groups in total. The molecule has 0 unspecified atom stereocenters. The Hall–Kier alpha value is -1.62. The first-order valence-corrected chi connectivity index (χ1v) is 7.71. The van der Waals surface area contributed by atoms with Crippen LogP contribution in [0.2, 0.25) is 0 Å². The van der Waals surface area contributed by atoms with Gasteiger partial charge in [-0.05, 0) is 43.5 Å². The lowest BCUT2D eigenvalue weighted by atomic mass is 10.1. The van der Waals surface area contributed by atoms with E-state index in [1.54, 1.807) is 0 Å². The number of benzene rings is 1. The van der Waals surface area contributed by atoms with Gasteiger partial charge in [-0.1, -0.05) is 22.0 Å². The molecular formula is C15H17BrN4. The van der Waals surface area contributed by atoms with Gasteiger partial charge in [-0.25, -0.2) is 4.98 Å². The molecule has 0 atom stereocenters. The summed E-state index contributed by atoms with van der Waals surface area (Å²) in [6.45, 7) is 2.18. The first-order valence-electron chi connectivity index (χ1n) is 6.92. The van der Waals surface area contributed by atoms with Crippen LogP contribution in [0.4, 0.5) is 17.5 Å². The molecule has 1 aromatic carbocycles. The summed E-state index contributed by atoms with van der Waals surface area (Å²) in [4.78, 5) is 11.2. The lowest BCUT2D eigenvalue weighted by Gasteiger charge is -2.27. The van der Waals surface area contributed by atoms with Crippen molar-refractivity contribution in [1.29, 1.82) is 0 Å². The van der Waals surface area contributed by atoms with Crippen LogP contribution in [0.3, 0.4) is 0 Å². The average Bonchev–Trinajstić information content (AvgIpc) is 2.48.